The summed E-state index contributed by atoms with van der Waals surface area (Å²) in [5.74, 6) is -0.548. The maximum Gasteiger partial charge on any atom is 0.333 e. The maximum absolute atomic E-state index is 11.9. The Balaban J connectivity index is 4.81. The van der Waals surface area contributed by atoms with Gasteiger partial charge < -0.3 is 9.47 Å². The van der Waals surface area contributed by atoms with Gasteiger partial charge in [0.25, 0.3) is 0 Å². The highest BCUT2D eigenvalue weighted by atomic mass is 16.5. The molecular formula is C20H34O4. The lowest BCUT2D eigenvalue weighted by Crippen LogP contribution is -2.30. The summed E-state index contributed by atoms with van der Waals surface area (Å²) in [6, 6.07) is 0. The molecule has 0 spiro atoms. The van der Waals surface area contributed by atoms with E-state index in [2.05, 4.69) is 13.8 Å². The Morgan fingerprint density at radius 3 is 1.92 bits per heavy atom. The van der Waals surface area contributed by atoms with Gasteiger partial charge in [-0.05, 0) is 47.0 Å². The third kappa shape index (κ3) is 7.80. The number of esters is 2. The summed E-state index contributed by atoms with van der Waals surface area (Å²) >= 11 is 0. The van der Waals surface area contributed by atoms with Crippen LogP contribution in [0.3, 0.4) is 0 Å². The number of unbranched alkanes of at least 4 members (excludes halogenated alkanes) is 1. The molecule has 4 heteroatoms. The summed E-state index contributed by atoms with van der Waals surface area (Å²) < 4.78 is 10.9. The van der Waals surface area contributed by atoms with Crippen LogP contribution in [-0.2, 0) is 19.1 Å². The Labute approximate surface area is 147 Å². The summed E-state index contributed by atoms with van der Waals surface area (Å²) in [4.78, 5) is 23.7. The topological polar surface area (TPSA) is 52.6 Å². The molecule has 1 atom stereocenters. The van der Waals surface area contributed by atoms with Crippen LogP contribution in [0, 0.1) is 5.41 Å². The molecule has 0 aliphatic heterocycles. The summed E-state index contributed by atoms with van der Waals surface area (Å²) in [5, 5.41) is 0. The molecule has 0 N–H and O–H groups in total. The van der Waals surface area contributed by atoms with Crippen molar-refractivity contribution in [2.24, 2.45) is 5.41 Å². The van der Waals surface area contributed by atoms with Crippen LogP contribution in [0.5, 0.6) is 0 Å². The minimum Gasteiger partial charge on any atom is -0.462 e. The standard InChI is InChI=1S/C20H34O4/c1-7-11-12-20(10-4,15-24-19(22)17(6)9-3)13-14-23-18(21)16(5)8-2/h8-9H,7,10-15H2,1-6H3. The molecule has 0 amide bonds. The van der Waals surface area contributed by atoms with Gasteiger partial charge in [0.1, 0.15) is 0 Å². The fourth-order valence-electron chi connectivity index (χ4n) is 2.32. The van der Waals surface area contributed by atoms with Crippen molar-refractivity contribution in [1.29, 1.82) is 0 Å². The zero-order valence-electron chi connectivity index (χ0n) is 16.2. The van der Waals surface area contributed by atoms with E-state index in [4.69, 9.17) is 9.47 Å². The van der Waals surface area contributed by atoms with Crippen molar-refractivity contribution >= 4 is 11.9 Å². The summed E-state index contributed by atoms with van der Waals surface area (Å²) in [6.07, 6.45) is 8.20. The van der Waals surface area contributed by atoms with E-state index in [-0.39, 0.29) is 17.4 Å². The number of carbonyl (C=O) groups excluding carboxylic acids is 2. The van der Waals surface area contributed by atoms with Crippen LogP contribution in [0.15, 0.2) is 23.3 Å². The molecule has 0 saturated heterocycles. The molecule has 0 aromatic heterocycles. The van der Waals surface area contributed by atoms with Crippen molar-refractivity contribution < 1.29 is 19.1 Å². The third-order valence-electron chi connectivity index (χ3n) is 4.70. The average Bonchev–Trinajstić information content (AvgIpc) is 2.61. The van der Waals surface area contributed by atoms with Crippen molar-refractivity contribution in [3.8, 4) is 0 Å². The van der Waals surface area contributed by atoms with Gasteiger partial charge in [0.05, 0.1) is 13.2 Å². The van der Waals surface area contributed by atoms with Crippen LogP contribution in [0.2, 0.25) is 0 Å². The molecule has 0 saturated carbocycles. The molecule has 0 aliphatic rings. The Kier molecular flexibility index (Phi) is 11.1. The second-order valence-corrected chi connectivity index (χ2v) is 6.36. The Hall–Kier alpha value is -1.58. The highest BCUT2D eigenvalue weighted by molar-refractivity contribution is 5.88. The molecule has 1 unspecified atom stereocenters. The van der Waals surface area contributed by atoms with Gasteiger partial charge in [0.2, 0.25) is 0 Å². The van der Waals surface area contributed by atoms with E-state index in [1.165, 1.54) is 0 Å². The van der Waals surface area contributed by atoms with Crippen LogP contribution in [0.1, 0.15) is 73.6 Å². The summed E-state index contributed by atoms with van der Waals surface area (Å²) in [7, 11) is 0. The minimum atomic E-state index is -0.278. The largest absolute Gasteiger partial charge is 0.462 e. The van der Waals surface area contributed by atoms with Gasteiger partial charge in [-0.15, -0.1) is 0 Å². The highest BCUT2D eigenvalue weighted by Gasteiger charge is 2.30. The van der Waals surface area contributed by atoms with Crippen molar-refractivity contribution in [2.45, 2.75) is 73.6 Å². The molecule has 0 fully saturated rings. The van der Waals surface area contributed by atoms with E-state index in [1.807, 2.05) is 13.8 Å². The zero-order valence-corrected chi connectivity index (χ0v) is 16.2. The first-order valence-corrected chi connectivity index (χ1v) is 8.95. The molecule has 0 aliphatic carbocycles. The molecular weight excluding hydrogens is 304 g/mol. The molecule has 0 aromatic carbocycles. The van der Waals surface area contributed by atoms with Gasteiger partial charge in [0.15, 0.2) is 0 Å². The fraction of sp³-hybridized carbons (Fsp3) is 0.700. The number of carbonyl (C=O) groups is 2. The summed E-state index contributed by atoms with van der Waals surface area (Å²) in [5.41, 5.74) is 1.09. The summed E-state index contributed by atoms with van der Waals surface area (Å²) in [6.45, 7) is 12.1. The van der Waals surface area contributed by atoms with E-state index < -0.39 is 0 Å². The predicted octanol–water partition coefficient (Wildman–Crippen LogP) is 4.98. The van der Waals surface area contributed by atoms with E-state index in [0.29, 0.717) is 30.8 Å². The Morgan fingerprint density at radius 1 is 0.917 bits per heavy atom. The molecule has 0 heterocycles. The van der Waals surface area contributed by atoms with E-state index in [1.54, 1.807) is 26.0 Å². The predicted molar refractivity (Wildman–Crippen MR) is 97.6 cm³/mol. The normalized spacial score (nSPS) is 14.9. The molecule has 0 rings (SSSR count). The number of allylic oxidation sites excluding steroid dienone is 2. The molecule has 0 bridgehead atoms. The Morgan fingerprint density at radius 2 is 1.46 bits per heavy atom. The number of hydrogen-bond acceptors (Lipinski definition) is 4. The van der Waals surface area contributed by atoms with Crippen LogP contribution in [0.4, 0.5) is 0 Å². The first-order chi connectivity index (χ1) is 11.4. The van der Waals surface area contributed by atoms with Gasteiger partial charge in [-0.3, -0.25) is 0 Å². The van der Waals surface area contributed by atoms with Crippen LogP contribution >= 0.6 is 0 Å². The van der Waals surface area contributed by atoms with Crippen molar-refractivity contribution in [2.75, 3.05) is 13.2 Å². The lowest BCUT2D eigenvalue weighted by atomic mass is 9.78. The van der Waals surface area contributed by atoms with Crippen LogP contribution in [-0.4, -0.2) is 25.2 Å². The third-order valence-corrected chi connectivity index (χ3v) is 4.70. The monoisotopic (exact) mass is 338 g/mol. The number of ether oxygens (including phenoxy) is 2. The van der Waals surface area contributed by atoms with Crippen molar-refractivity contribution in [1.82, 2.24) is 0 Å². The zero-order chi connectivity index (χ0) is 18.6. The van der Waals surface area contributed by atoms with E-state index in [9.17, 15) is 9.59 Å². The second-order valence-electron chi connectivity index (χ2n) is 6.36. The molecule has 138 valence electrons. The lowest BCUT2D eigenvalue weighted by Gasteiger charge is -2.32. The maximum atomic E-state index is 11.9. The van der Waals surface area contributed by atoms with Crippen molar-refractivity contribution in [3.05, 3.63) is 23.3 Å². The smallest absolute Gasteiger partial charge is 0.333 e. The number of hydrogen-bond donors (Lipinski definition) is 0. The SMILES string of the molecule is CC=C(C)C(=O)OCCC(CC)(CCCC)COC(=O)C(C)=CC. The van der Waals surface area contributed by atoms with E-state index in [0.717, 1.165) is 25.7 Å². The van der Waals surface area contributed by atoms with Crippen LogP contribution < -0.4 is 0 Å². The quantitative estimate of drug-likeness (QED) is 0.394. The lowest BCUT2D eigenvalue weighted by molar-refractivity contribution is -0.146. The minimum absolute atomic E-state index is 0.135. The first kappa shape index (κ1) is 22.4. The Bertz CT molecular complexity index is 462. The van der Waals surface area contributed by atoms with Crippen molar-refractivity contribution in [3.63, 3.8) is 0 Å². The molecule has 24 heavy (non-hydrogen) atoms. The van der Waals surface area contributed by atoms with E-state index >= 15 is 0 Å². The van der Waals surface area contributed by atoms with Gasteiger partial charge in [-0.25, -0.2) is 9.59 Å². The van der Waals surface area contributed by atoms with Gasteiger partial charge in [-0.2, -0.15) is 0 Å². The molecule has 4 nitrogen and oxygen atoms in total. The van der Waals surface area contributed by atoms with Gasteiger partial charge in [0, 0.05) is 16.6 Å². The first-order valence-electron chi connectivity index (χ1n) is 8.95. The van der Waals surface area contributed by atoms with Gasteiger partial charge >= 0.3 is 11.9 Å². The average molecular weight is 338 g/mol. The highest BCUT2D eigenvalue weighted by Crippen LogP contribution is 2.33. The molecule has 0 radical (unpaired) electrons. The molecule has 0 aromatic rings. The second kappa shape index (κ2) is 11.9. The van der Waals surface area contributed by atoms with Crippen LogP contribution in [0.25, 0.3) is 0 Å². The number of rotatable bonds is 11. The van der Waals surface area contributed by atoms with Gasteiger partial charge in [-0.1, -0.05) is 38.8 Å². The fourth-order valence-corrected chi connectivity index (χ4v) is 2.32.